The van der Waals surface area contributed by atoms with Gasteiger partial charge in [-0.2, -0.15) is 0 Å². The number of rotatable bonds is 7. The van der Waals surface area contributed by atoms with E-state index >= 15 is 0 Å². The smallest absolute Gasteiger partial charge is 0.340 e. The lowest BCUT2D eigenvalue weighted by molar-refractivity contribution is 0.0595. The number of nitrogens with one attached hydrogen (secondary N) is 2. The molecule has 0 unspecified atom stereocenters. The number of carbonyl (C=O) groups is 2. The zero-order chi connectivity index (χ0) is 23.5. The van der Waals surface area contributed by atoms with Crippen LogP contribution in [0.2, 0.25) is 0 Å². The zero-order valence-electron chi connectivity index (χ0n) is 17.4. The first-order valence-electron chi connectivity index (χ1n) is 9.75. The molecule has 32 heavy (non-hydrogen) atoms. The number of ether oxygens (including phenoxy) is 2. The quantitative estimate of drug-likeness (QED) is 0.604. The van der Waals surface area contributed by atoms with Gasteiger partial charge in [0.05, 0.1) is 25.5 Å². The molecule has 2 N–H and O–H groups in total. The van der Waals surface area contributed by atoms with E-state index in [4.69, 9.17) is 4.74 Å². The Hall–Kier alpha value is -3.05. The summed E-state index contributed by atoms with van der Waals surface area (Å²) in [5, 5.41) is 2.22. The van der Waals surface area contributed by atoms with Crippen LogP contribution in [0.1, 0.15) is 46.4 Å². The van der Waals surface area contributed by atoms with Crippen molar-refractivity contribution in [3.05, 3.63) is 53.1 Å². The summed E-state index contributed by atoms with van der Waals surface area (Å²) in [6.45, 7) is 0. The molecule has 0 spiro atoms. The minimum Gasteiger partial charge on any atom is -0.495 e. The summed E-state index contributed by atoms with van der Waals surface area (Å²) in [6.07, 6.45) is 3.27. The SMILES string of the molecule is COC(=O)c1cc(NC(=O)c2ccc(OC)c(S(=O)(=O)NC3CCCC3)c2)c(F)cc1F. The number of anilines is 1. The molecule has 1 aliphatic carbocycles. The lowest BCUT2D eigenvalue weighted by Gasteiger charge is -2.16. The van der Waals surface area contributed by atoms with Crippen LogP contribution in [0.3, 0.4) is 0 Å². The second-order valence-electron chi connectivity index (χ2n) is 7.23. The molecule has 0 atom stereocenters. The van der Waals surface area contributed by atoms with Gasteiger partial charge in [0, 0.05) is 17.7 Å². The first-order valence-corrected chi connectivity index (χ1v) is 11.2. The third kappa shape index (κ3) is 5.05. The van der Waals surface area contributed by atoms with Crippen LogP contribution >= 0.6 is 0 Å². The second kappa shape index (κ2) is 9.61. The highest BCUT2D eigenvalue weighted by Gasteiger charge is 2.27. The molecule has 3 rings (SSSR count). The molecular weight excluding hydrogens is 446 g/mol. The summed E-state index contributed by atoms with van der Waals surface area (Å²) in [5.41, 5.74) is -1.15. The average molecular weight is 468 g/mol. The lowest BCUT2D eigenvalue weighted by atomic mass is 10.1. The van der Waals surface area contributed by atoms with E-state index in [0.29, 0.717) is 18.9 Å². The molecule has 0 radical (unpaired) electrons. The van der Waals surface area contributed by atoms with E-state index in [9.17, 15) is 26.8 Å². The maximum Gasteiger partial charge on any atom is 0.340 e. The fraction of sp³-hybridized carbons (Fsp3) is 0.333. The summed E-state index contributed by atoms with van der Waals surface area (Å²) in [4.78, 5) is 24.1. The third-order valence-corrected chi connectivity index (χ3v) is 6.64. The van der Waals surface area contributed by atoms with Gasteiger partial charge in [-0.05, 0) is 37.1 Å². The molecule has 0 saturated heterocycles. The van der Waals surface area contributed by atoms with Gasteiger partial charge in [0.25, 0.3) is 5.91 Å². The number of amides is 1. The lowest BCUT2D eigenvalue weighted by Crippen LogP contribution is -2.33. The summed E-state index contributed by atoms with van der Waals surface area (Å²) < 4.78 is 65.9. The van der Waals surface area contributed by atoms with Crippen LogP contribution in [-0.2, 0) is 14.8 Å². The predicted molar refractivity (Wildman–Crippen MR) is 111 cm³/mol. The molecule has 1 fully saturated rings. The highest BCUT2D eigenvalue weighted by molar-refractivity contribution is 7.89. The van der Waals surface area contributed by atoms with Crippen LogP contribution in [0, 0.1) is 11.6 Å². The number of halogens is 2. The van der Waals surface area contributed by atoms with Crippen LogP contribution in [0.5, 0.6) is 5.75 Å². The van der Waals surface area contributed by atoms with E-state index in [1.807, 2.05) is 0 Å². The summed E-state index contributed by atoms with van der Waals surface area (Å²) in [5.74, 6) is -4.15. The van der Waals surface area contributed by atoms with Crippen molar-refractivity contribution in [1.82, 2.24) is 4.72 Å². The largest absolute Gasteiger partial charge is 0.495 e. The van der Waals surface area contributed by atoms with Crippen LogP contribution in [0.4, 0.5) is 14.5 Å². The van der Waals surface area contributed by atoms with E-state index in [1.165, 1.54) is 19.2 Å². The number of hydrogen-bond acceptors (Lipinski definition) is 6. The fourth-order valence-corrected chi connectivity index (χ4v) is 4.96. The van der Waals surface area contributed by atoms with Gasteiger partial charge in [-0.15, -0.1) is 0 Å². The Labute approximate surface area is 184 Å². The summed E-state index contributed by atoms with van der Waals surface area (Å²) in [7, 11) is -1.66. The Morgan fingerprint density at radius 2 is 1.72 bits per heavy atom. The molecule has 8 nitrogen and oxygen atoms in total. The molecule has 1 saturated carbocycles. The molecular formula is C21H22F2N2O6S. The van der Waals surface area contributed by atoms with Crippen molar-refractivity contribution in [2.45, 2.75) is 36.6 Å². The van der Waals surface area contributed by atoms with Crippen molar-refractivity contribution in [1.29, 1.82) is 0 Å². The van der Waals surface area contributed by atoms with Gasteiger partial charge in [0.2, 0.25) is 10.0 Å². The summed E-state index contributed by atoms with van der Waals surface area (Å²) in [6, 6.07) is 4.75. The van der Waals surface area contributed by atoms with Gasteiger partial charge in [-0.1, -0.05) is 12.8 Å². The molecule has 0 heterocycles. The third-order valence-electron chi connectivity index (χ3n) is 5.10. The van der Waals surface area contributed by atoms with E-state index in [2.05, 4.69) is 14.8 Å². The Kier molecular flexibility index (Phi) is 7.09. The number of methoxy groups -OCH3 is 2. The normalized spacial score (nSPS) is 14.2. The van der Waals surface area contributed by atoms with Gasteiger partial charge in [-0.3, -0.25) is 4.79 Å². The Bertz CT molecular complexity index is 1150. The van der Waals surface area contributed by atoms with Crippen molar-refractivity contribution in [2.24, 2.45) is 0 Å². The molecule has 172 valence electrons. The van der Waals surface area contributed by atoms with Crippen molar-refractivity contribution in [3.63, 3.8) is 0 Å². The van der Waals surface area contributed by atoms with Crippen LogP contribution in [0.25, 0.3) is 0 Å². The maximum absolute atomic E-state index is 14.2. The topological polar surface area (TPSA) is 111 Å². The number of hydrogen-bond donors (Lipinski definition) is 2. The van der Waals surface area contributed by atoms with Crippen molar-refractivity contribution in [3.8, 4) is 5.75 Å². The average Bonchev–Trinajstić information content (AvgIpc) is 3.26. The molecule has 0 bridgehead atoms. The number of carbonyl (C=O) groups excluding carboxylic acids is 2. The minimum atomic E-state index is -3.99. The van der Waals surface area contributed by atoms with Gasteiger partial charge in [-0.25, -0.2) is 26.7 Å². The Morgan fingerprint density at radius 3 is 2.34 bits per heavy atom. The molecule has 11 heteroatoms. The van der Waals surface area contributed by atoms with Gasteiger partial charge >= 0.3 is 5.97 Å². The van der Waals surface area contributed by atoms with E-state index in [0.717, 1.165) is 32.1 Å². The molecule has 0 aromatic heterocycles. The molecule has 1 aliphatic rings. The fourth-order valence-electron chi connectivity index (χ4n) is 3.46. The number of sulfonamides is 1. The monoisotopic (exact) mass is 468 g/mol. The molecule has 2 aromatic carbocycles. The van der Waals surface area contributed by atoms with Crippen molar-refractivity contribution in [2.75, 3.05) is 19.5 Å². The van der Waals surface area contributed by atoms with Gasteiger partial charge in [0.1, 0.15) is 22.3 Å². The molecule has 1 amide bonds. The zero-order valence-corrected chi connectivity index (χ0v) is 18.2. The standard InChI is InChI=1S/C21H22F2N2O6S/c1-30-18-8-7-12(9-19(18)32(28,29)25-13-5-3-4-6-13)20(26)24-17-10-14(21(27)31-2)15(22)11-16(17)23/h7-11,13,25H,3-6H2,1-2H3,(H,24,26). The number of esters is 1. The Balaban J connectivity index is 1.91. The second-order valence-corrected chi connectivity index (χ2v) is 8.91. The van der Waals surface area contributed by atoms with Crippen molar-refractivity contribution < 1.29 is 36.3 Å². The van der Waals surface area contributed by atoms with Crippen LogP contribution in [-0.4, -0.2) is 40.6 Å². The first-order chi connectivity index (χ1) is 15.2. The van der Waals surface area contributed by atoms with Crippen molar-refractivity contribution >= 4 is 27.6 Å². The van der Waals surface area contributed by atoms with E-state index < -0.39 is 44.8 Å². The van der Waals surface area contributed by atoms with Crippen LogP contribution < -0.4 is 14.8 Å². The first kappa shape index (κ1) is 23.6. The maximum atomic E-state index is 14.2. The summed E-state index contributed by atoms with van der Waals surface area (Å²) >= 11 is 0. The van der Waals surface area contributed by atoms with Gasteiger partial charge < -0.3 is 14.8 Å². The highest BCUT2D eigenvalue weighted by Crippen LogP contribution is 2.28. The molecule has 2 aromatic rings. The van der Waals surface area contributed by atoms with E-state index in [1.54, 1.807) is 0 Å². The van der Waals surface area contributed by atoms with E-state index in [-0.39, 0.29) is 22.3 Å². The predicted octanol–water partition coefficient (Wildman–Crippen LogP) is 3.23. The molecule has 0 aliphatic heterocycles. The Morgan fingerprint density at radius 1 is 1.03 bits per heavy atom. The highest BCUT2D eigenvalue weighted by atomic mass is 32.2. The minimum absolute atomic E-state index is 0.0352. The number of benzene rings is 2. The van der Waals surface area contributed by atoms with Crippen LogP contribution in [0.15, 0.2) is 35.2 Å². The van der Waals surface area contributed by atoms with Gasteiger partial charge in [0.15, 0.2) is 0 Å².